The van der Waals surface area contributed by atoms with E-state index in [1.54, 1.807) is 25.4 Å². The largest absolute Gasteiger partial charge is 0.462 e. The molecule has 1 aliphatic heterocycles. The highest BCUT2D eigenvalue weighted by Gasteiger charge is 2.35. The van der Waals surface area contributed by atoms with Crippen molar-refractivity contribution in [1.82, 2.24) is 19.6 Å². The molecule has 0 aliphatic carbocycles. The van der Waals surface area contributed by atoms with Gasteiger partial charge in [0.05, 0.1) is 37.7 Å². The number of hydrogen-bond acceptors (Lipinski definition) is 7. The number of ether oxygens (including phenoxy) is 1. The van der Waals surface area contributed by atoms with Gasteiger partial charge in [-0.3, -0.25) is 4.98 Å². The number of hydrogen-bond donors (Lipinski definition) is 1. The molecule has 1 fully saturated rings. The van der Waals surface area contributed by atoms with Crippen molar-refractivity contribution in [3.63, 3.8) is 0 Å². The quantitative estimate of drug-likeness (QED) is 0.673. The number of carbonyl (C=O) groups is 1. The molecule has 4 heterocycles. The van der Waals surface area contributed by atoms with Gasteiger partial charge in [-0.2, -0.15) is 5.10 Å². The molecular weight excluding hydrogens is 365 g/mol. The predicted octanol–water partition coefficient (Wildman–Crippen LogP) is 2.14. The first-order chi connectivity index (χ1) is 13.6. The molecule has 0 spiro atoms. The van der Waals surface area contributed by atoms with Gasteiger partial charge >= 0.3 is 5.97 Å². The number of anilines is 1. The zero-order chi connectivity index (χ0) is 19.7. The third-order valence-corrected chi connectivity index (χ3v) is 4.94. The van der Waals surface area contributed by atoms with E-state index >= 15 is 0 Å². The van der Waals surface area contributed by atoms with Crippen LogP contribution in [0, 0.1) is 5.82 Å². The highest BCUT2D eigenvalue weighted by atomic mass is 19.1. The second-order valence-electron chi connectivity index (χ2n) is 6.61. The van der Waals surface area contributed by atoms with Gasteiger partial charge in [0, 0.05) is 12.4 Å². The van der Waals surface area contributed by atoms with Crippen molar-refractivity contribution in [2.24, 2.45) is 0 Å². The van der Waals surface area contributed by atoms with Crippen molar-refractivity contribution < 1.29 is 19.0 Å². The van der Waals surface area contributed by atoms with Gasteiger partial charge in [-0.1, -0.05) is 0 Å². The summed E-state index contributed by atoms with van der Waals surface area (Å²) in [4.78, 5) is 22.7. The Kier molecular flexibility index (Phi) is 4.91. The fourth-order valence-corrected chi connectivity index (χ4v) is 3.70. The Labute approximate surface area is 160 Å². The number of rotatable bonds is 5. The Morgan fingerprint density at radius 2 is 2.21 bits per heavy atom. The first-order valence-corrected chi connectivity index (χ1v) is 9.13. The maximum absolute atomic E-state index is 13.7. The van der Waals surface area contributed by atoms with Crippen LogP contribution in [0.3, 0.4) is 0 Å². The zero-order valence-corrected chi connectivity index (χ0v) is 15.3. The van der Waals surface area contributed by atoms with Crippen LogP contribution in [0.5, 0.6) is 0 Å². The number of aliphatic hydroxyl groups is 1. The van der Waals surface area contributed by atoms with Crippen molar-refractivity contribution in [2.45, 2.75) is 31.8 Å². The second kappa shape index (κ2) is 7.51. The van der Waals surface area contributed by atoms with E-state index in [1.807, 2.05) is 4.90 Å². The average Bonchev–Trinajstić information content (AvgIpc) is 3.31. The minimum Gasteiger partial charge on any atom is -0.462 e. The molecule has 0 aromatic carbocycles. The van der Waals surface area contributed by atoms with E-state index in [4.69, 9.17) is 4.74 Å². The molecule has 8 nitrogen and oxygen atoms in total. The molecule has 4 rings (SSSR count). The molecule has 0 bridgehead atoms. The van der Waals surface area contributed by atoms with Crippen molar-refractivity contribution in [3.8, 4) is 0 Å². The van der Waals surface area contributed by atoms with Crippen LogP contribution >= 0.6 is 0 Å². The van der Waals surface area contributed by atoms with Gasteiger partial charge in [0.1, 0.15) is 17.2 Å². The number of esters is 1. The van der Waals surface area contributed by atoms with Crippen LogP contribution in [-0.2, 0) is 4.74 Å². The van der Waals surface area contributed by atoms with Crippen LogP contribution in [0.4, 0.5) is 10.2 Å². The van der Waals surface area contributed by atoms with Crippen LogP contribution in [0.1, 0.15) is 41.7 Å². The number of carbonyl (C=O) groups excluding carboxylic acids is 1. The standard InChI is InChI=1S/C19H20FN5O3/c1-2-28-19(27)15-10-22-24-6-5-17(23-18(15)24)25-14(11-26)3-4-16(25)12-7-13(20)9-21-8-12/h5-10,14,16,26H,2-4,11H2,1H3/t14-,16+/m0/s1. The number of fused-ring (bicyclic) bond motifs is 1. The summed E-state index contributed by atoms with van der Waals surface area (Å²) in [7, 11) is 0. The zero-order valence-electron chi connectivity index (χ0n) is 15.3. The second-order valence-corrected chi connectivity index (χ2v) is 6.61. The molecule has 1 N–H and O–H groups in total. The molecule has 0 amide bonds. The van der Waals surface area contributed by atoms with Crippen molar-refractivity contribution in [3.05, 3.63) is 53.9 Å². The molecule has 1 saturated heterocycles. The average molecular weight is 385 g/mol. The summed E-state index contributed by atoms with van der Waals surface area (Å²) in [6, 6.07) is 2.87. The molecule has 146 valence electrons. The van der Waals surface area contributed by atoms with Crippen LogP contribution in [0.25, 0.3) is 5.65 Å². The number of aromatic nitrogens is 4. The summed E-state index contributed by atoms with van der Waals surface area (Å²) in [5.41, 5.74) is 1.36. The maximum atomic E-state index is 13.7. The summed E-state index contributed by atoms with van der Waals surface area (Å²) >= 11 is 0. The minimum atomic E-state index is -0.492. The third kappa shape index (κ3) is 3.18. The van der Waals surface area contributed by atoms with E-state index in [-0.39, 0.29) is 30.9 Å². The predicted molar refractivity (Wildman–Crippen MR) is 98.5 cm³/mol. The molecule has 0 saturated carbocycles. The summed E-state index contributed by atoms with van der Waals surface area (Å²) in [6.45, 7) is 1.93. The Morgan fingerprint density at radius 3 is 2.96 bits per heavy atom. The molecular formula is C19H20FN5O3. The minimum absolute atomic E-state index is 0.0594. The SMILES string of the molecule is CCOC(=O)c1cnn2ccc(N3[C@H](CO)CC[C@@H]3c3cncc(F)c3)nc12. The van der Waals surface area contributed by atoms with E-state index in [1.165, 1.54) is 16.8 Å². The highest BCUT2D eigenvalue weighted by molar-refractivity contribution is 5.95. The van der Waals surface area contributed by atoms with E-state index < -0.39 is 11.8 Å². The van der Waals surface area contributed by atoms with Gasteiger partial charge < -0.3 is 14.7 Å². The van der Waals surface area contributed by atoms with E-state index in [9.17, 15) is 14.3 Å². The monoisotopic (exact) mass is 385 g/mol. The molecule has 9 heteroatoms. The molecule has 0 unspecified atom stereocenters. The molecule has 3 aromatic heterocycles. The molecule has 28 heavy (non-hydrogen) atoms. The lowest BCUT2D eigenvalue weighted by Crippen LogP contribution is -2.35. The number of pyridine rings is 1. The van der Waals surface area contributed by atoms with Crippen LogP contribution in [-0.4, -0.2) is 49.9 Å². The van der Waals surface area contributed by atoms with E-state index in [2.05, 4.69) is 15.1 Å². The summed E-state index contributed by atoms with van der Waals surface area (Å²) in [5, 5.41) is 14.0. The molecule has 2 atom stereocenters. The molecule has 1 aliphatic rings. The Balaban J connectivity index is 1.77. The van der Waals surface area contributed by atoms with Gasteiger partial charge in [0.15, 0.2) is 5.65 Å². The molecule has 0 radical (unpaired) electrons. The van der Waals surface area contributed by atoms with Crippen LogP contribution < -0.4 is 4.90 Å². The fourth-order valence-electron chi connectivity index (χ4n) is 3.70. The van der Waals surface area contributed by atoms with Gasteiger partial charge in [-0.05, 0) is 37.5 Å². The van der Waals surface area contributed by atoms with Crippen molar-refractivity contribution >= 4 is 17.4 Å². The topological polar surface area (TPSA) is 92.8 Å². The van der Waals surface area contributed by atoms with E-state index in [0.29, 0.717) is 11.5 Å². The first-order valence-electron chi connectivity index (χ1n) is 9.13. The third-order valence-electron chi connectivity index (χ3n) is 4.94. The Morgan fingerprint density at radius 1 is 1.36 bits per heavy atom. The lowest BCUT2D eigenvalue weighted by atomic mass is 10.1. The van der Waals surface area contributed by atoms with E-state index in [0.717, 1.165) is 24.6 Å². The molecule has 3 aromatic rings. The fraction of sp³-hybridized carbons (Fsp3) is 0.368. The number of nitrogens with zero attached hydrogens (tertiary/aromatic N) is 5. The normalized spacial score (nSPS) is 19.3. The number of halogens is 1. The van der Waals surface area contributed by atoms with Crippen LogP contribution in [0.2, 0.25) is 0 Å². The smallest absolute Gasteiger partial charge is 0.343 e. The van der Waals surface area contributed by atoms with Gasteiger partial charge in [0.25, 0.3) is 0 Å². The Bertz CT molecular complexity index is 1010. The van der Waals surface area contributed by atoms with Crippen LogP contribution in [0.15, 0.2) is 36.9 Å². The highest BCUT2D eigenvalue weighted by Crippen LogP contribution is 2.39. The maximum Gasteiger partial charge on any atom is 0.343 e. The van der Waals surface area contributed by atoms with Gasteiger partial charge in [-0.15, -0.1) is 0 Å². The number of aliphatic hydroxyl groups excluding tert-OH is 1. The lowest BCUT2D eigenvalue weighted by Gasteiger charge is -2.30. The summed E-state index contributed by atoms with van der Waals surface area (Å²) in [6.07, 6.45) is 7.37. The van der Waals surface area contributed by atoms with Crippen molar-refractivity contribution in [1.29, 1.82) is 0 Å². The van der Waals surface area contributed by atoms with Crippen molar-refractivity contribution in [2.75, 3.05) is 18.1 Å². The Hall–Kier alpha value is -3.07. The van der Waals surface area contributed by atoms with Gasteiger partial charge in [0.2, 0.25) is 0 Å². The van der Waals surface area contributed by atoms with Gasteiger partial charge in [-0.25, -0.2) is 18.7 Å². The summed E-state index contributed by atoms with van der Waals surface area (Å²) < 4.78 is 20.3. The first kappa shape index (κ1) is 18.3. The lowest BCUT2D eigenvalue weighted by molar-refractivity contribution is 0.0528. The summed E-state index contributed by atoms with van der Waals surface area (Å²) in [5.74, 6) is -0.328.